The Morgan fingerprint density at radius 3 is 3.00 bits per heavy atom. The van der Waals surface area contributed by atoms with E-state index in [0.717, 1.165) is 25.0 Å². The molecule has 1 saturated heterocycles. The molecule has 2 atom stereocenters. The highest BCUT2D eigenvalue weighted by Crippen LogP contribution is 2.19. The number of aromatic hydroxyl groups is 1. The highest BCUT2D eigenvalue weighted by molar-refractivity contribution is 5.27. The lowest BCUT2D eigenvalue weighted by Gasteiger charge is -2.15. The average molecular weight is 222 g/mol. The Morgan fingerprint density at radius 2 is 2.31 bits per heavy atom. The van der Waals surface area contributed by atoms with Crippen LogP contribution in [-0.4, -0.2) is 29.0 Å². The molecular weight excluding hydrogens is 204 g/mol. The highest BCUT2D eigenvalue weighted by atomic mass is 16.5. The molecule has 0 radical (unpaired) electrons. The molecule has 0 amide bonds. The Labute approximate surface area is 95.7 Å². The van der Waals surface area contributed by atoms with Crippen molar-refractivity contribution in [3.8, 4) is 5.75 Å². The van der Waals surface area contributed by atoms with Gasteiger partial charge in [-0.2, -0.15) is 0 Å². The summed E-state index contributed by atoms with van der Waals surface area (Å²) in [6.07, 6.45) is 3.25. The summed E-state index contributed by atoms with van der Waals surface area (Å²) in [5.74, 6) is 0.252. The van der Waals surface area contributed by atoms with Crippen LogP contribution in [0.4, 0.5) is 0 Å². The fourth-order valence-electron chi connectivity index (χ4n) is 2.17. The van der Waals surface area contributed by atoms with Crippen LogP contribution >= 0.6 is 0 Å². The Bertz CT molecular complexity index is 332. The Kier molecular flexibility index (Phi) is 3.80. The first-order chi connectivity index (χ1) is 7.74. The Morgan fingerprint density at radius 1 is 1.44 bits per heavy atom. The number of phenols is 1. The lowest BCUT2D eigenvalue weighted by Crippen LogP contribution is -2.19. The molecule has 1 aromatic rings. The normalized spacial score (nSPS) is 22.2. The van der Waals surface area contributed by atoms with Crippen LogP contribution in [0.25, 0.3) is 0 Å². The van der Waals surface area contributed by atoms with E-state index in [4.69, 9.17) is 4.74 Å². The lowest BCUT2D eigenvalue weighted by atomic mass is 10.0. The molecule has 3 heteroatoms. The second kappa shape index (κ2) is 5.32. The summed E-state index contributed by atoms with van der Waals surface area (Å²) in [4.78, 5) is 0. The number of benzene rings is 1. The van der Waals surface area contributed by atoms with E-state index in [0.29, 0.717) is 12.8 Å². The maximum absolute atomic E-state index is 9.89. The maximum atomic E-state index is 9.89. The van der Waals surface area contributed by atoms with Gasteiger partial charge in [-0.05, 0) is 43.4 Å². The minimum Gasteiger partial charge on any atom is -0.508 e. The zero-order valence-corrected chi connectivity index (χ0v) is 9.30. The van der Waals surface area contributed by atoms with E-state index in [1.165, 1.54) is 0 Å². The summed E-state index contributed by atoms with van der Waals surface area (Å²) in [5, 5.41) is 19.2. The van der Waals surface area contributed by atoms with Crippen LogP contribution in [0.3, 0.4) is 0 Å². The smallest absolute Gasteiger partial charge is 0.115 e. The van der Waals surface area contributed by atoms with Crippen molar-refractivity contribution in [1.82, 2.24) is 0 Å². The summed E-state index contributed by atoms with van der Waals surface area (Å²) in [5.41, 5.74) is 0.963. The fourth-order valence-corrected chi connectivity index (χ4v) is 2.17. The van der Waals surface area contributed by atoms with E-state index in [1.807, 2.05) is 6.07 Å². The van der Waals surface area contributed by atoms with Gasteiger partial charge < -0.3 is 14.9 Å². The first kappa shape index (κ1) is 11.4. The molecule has 0 bridgehead atoms. The number of aliphatic hydroxyl groups is 1. The van der Waals surface area contributed by atoms with Crippen molar-refractivity contribution in [1.29, 1.82) is 0 Å². The molecule has 0 saturated carbocycles. The van der Waals surface area contributed by atoms with Crippen molar-refractivity contribution >= 4 is 0 Å². The maximum Gasteiger partial charge on any atom is 0.115 e. The third-order valence-electron chi connectivity index (χ3n) is 2.94. The monoisotopic (exact) mass is 222 g/mol. The van der Waals surface area contributed by atoms with Crippen LogP contribution in [0.1, 0.15) is 24.8 Å². The van der Waals surface area contributed by atoms with E-state index in [9.17, 15) is 10.2 Å². The lowest BCUT2D eigenvalue weighted by molar-refractivity contribution is 0.0541. The topological polar surface area (TPSA) is 49.7 Å². The third kappa shape index (κ3) is 3.22. The molecule has 0 aromatic heterocycles. The Balaban J connectivity index is 1.84. The van der Waals surface area contributed by atoms with Gasteiger partial charge in [0.05, 0.1) is 12.2 Å². The van der Waals surface area contributed by atoms with Crippen molar-refractivity contribution in [3.63, 3.8) is 0 Å². The first-order valence-corrected chi connectivity index (χ1v) is 5.81. The minimum atomic E-state index is -0.384. The number of phenolic OH excluding ortho intramolecular Hbond substituents is 1. The summed E-state index contributed by atoms with van der Waals surface area (Å²) in [6.45, 7) is 0.823. The molecule has 1 fully saturated rings. The number of ether oxygens (including phenoxy) is 1. The van der Waals surface area contributed by atoms with Gasteiger partial charge in [0.2, 0.25) is 0 Å². The zero-order valence-electron chi connectivity index (χ0n) is 9.30. The molecule has 1 aromatic carbocycles. The first-order valence-electron chi connectivity index (χ1n) is 5.81. The predicted octanol–water partition coefficient (Wildman–Crippen LogP) is 1.86. The van der Waals surface area contributed by atoms with E-state index >= 15 is 0 Å². The molecule has 16 heavy (non-hydrogen) atoms. The van der Waals surface area contributed by atoms with Crippen molar-refractivity contribution in [2.75, 3.05) is 6.61 Å². The van der Waals surface area contributed by atoms with Crippen LogP contribution in [0, 0.1) is 0 Å². The van der Waals surface area contributed by atoms with Crippen LogP contribution in [0.5, 0.6) is 5.75 Å². The van der Waals surface area contributed by atoms with Gasteiger partial charge in [0.25, 0.3) is 0 Å². The summed E-state index contributed by atoms with van der Waals surface area (Å²) in [7, 11) is 0. The molecule has 88 valence electrons. The summed E-state index contributed by atoms with van der Waals surface area (Å²) >= 11 is 0. The van der Waals surface area contributed by atoms with Gasteiger partial charge in [0, 0.05) is 6.61 Å². The third-order valence-corrected chi connectivity index (χ3v) is 2.94. The molecule has 1 heterocycles. The number of hydrogen-bond donors (Lipinski definition) is 2. The van der Waals surface area contributed by atoms with Crippen molar-refractivity contribution in [2.45, 2.75) is 37.9 Å². The van der Waals surface area contributed by atoms with Crippen molar-refractivity contribution < 1.29 is 14.9 Å². The molecule has 1 aliphatic rings. The van der Waals surface area contributed by atoms with Gasteiger partial charge in [-0.25, -0.2) is 0 Å². The SMILES string of the molecule is Oc1cccc(CC(O)CC2CCCO2)c1. The van der Waals surface area contributed by atoms with E-state index < -0.39 is 0 Å². The molecule has 3 nitrogen and oxygen atoms in total. The van der Waals surface area contributed by atoms with Crippen LogP contribution in [0.2, 0.25) is 0 Å². The highest BCUT2D eigenvalue weighted by Gasteiger charge is 2.19. The van der Waals surface area contributed by atoms with E-state index in [2.05, 4.69) is 0 Å². The molecule has 0 aliphatic carbocycles. The molecule has 1 aliphatic heterocycles. The minimum absolute atomic E-state index is 0.215. The van der Waals surface area contributed by atoms with Crippen LogP contribution < -0.4 is 0 Å². The van der Waals surface area contributed by atoms with Crippen LogP contribution in [-0.2, 0) is 11.2 Å². The average Bonchev–Trinajstić information content (AvgIpc) is 2.70. The quantitative estimate of drug-likeness (QED) is 0.817. The van der Waals surface area contributed by atoms with Crippen molar-refractivity contribution in [3.05, 3.63) is 29.8 Å². The standard InChI is InChI=1S/C13H18O3/c14-11-4-1-3-10(7-11)8-12(15)9-13-5-2-6-16-13/h1,3-4,7,12-15H,2,5-6,8-9H2. The van der Waals surface area contributed by atoms with Gasteiger partial charge in [-0.15, -0.1) is 0 Å². The molecular formula is C13H18O3. The van der Waals surface area contributed by atoms with Gasteiger partial charge in [-0.1, -0.05) is 12.1 Å². The summed E-state index contributed by atoms with van der Waals surface area (Å²) < 4.78 is 5.48. The molecule has 2 unspecified atom stereocenters. The zero-order chi connectivity index (χ0) is 11.4. The Hall–Kier alpha value is -1.06. The van der Waals surface area contributed by atoms with Gasteiger partial charge in [0.1, 0.15) is 5.75 Å². The number of hydrogen-bond acceptors (Lipinski definition) is 3. The number of rotatable bonds is 4. The summed E-state index contributed by atoms with van der Waals surface area (Å²) in [6, 6.07) is 7.04. The second-order valence-electron chi connectivity index (χ2n) is 4.40. The number of aliphatic hydroxyl groups excluding tert-OH is 1. The van der Waals surface area contributed by atoms with Crippen molar-refractivity contribution in [2.24, 2.45) is 0 Å². The molecule has 0 spiro atoms. The second-order valence-corrected chi connectivity index (χ2v) is 4.40. The van der Waals surface area contributed by atoms with E-state index in [-0.39, 0.29) is 18.0 Å². The predicted molar refractivity (Wildman–Crippen MR) is 61.4 cm³/mol. The molecule has 2 N–H and O–H groups in total. The van der Waals surface area contributed by atoms with Crippen LogP contribution in [0.15, 0.2) is 24.3 Å². The van der Waals surface area contributed by atoms with Gasteiger partial charge >= 0.3 is 0 Å². The largest absolute Gasteiger partial charge is 0.508 e. The van der Waals surface area contributed by atoms with E-state index in [1.54, 1.807) is 18.2 Å². The van der Waals surface area contributed by atoms with Gasteiger partial charge in [0.15, 0.2) is 0 Å². The van der Waals surface area contributed by atoms with Gasteiger partial charge in [-0.3, -0.25) is 0 Å². The fraction of sp³-hybridized carbons (Fsp3) is 0.538. The molecule has 2 rings (SSSR count).